The number of amides is 1. The maximum absolute atomic E-state index is 12.9. The average Bonchev–Trinajstić information content (AvgIpc) is 3.01. The van der Waals surface area contributed by atoms with Gasteiger partial charge in [-0.25, -0.2) is 10.2 Å². The third kappa shape index (κ3) is 8.59. The second kappa shape index (κ2) is 15.3. The number of carbonyl (C=O) groups is 2. The zero-order valence-corrected chi connectivity index (χ0v) is 24.1. The van der Waals surface area contributed by atoms with Gasteiger partial charge in [0.25, 0.3) is 5.91 Å². The number of esters is 1. The van der Waals surface area contributed by atoms with Gasteiger partial charge in [0.2, 0.25) is 0 Å². The number of nitrogens with zero attached hydrogens (tertiary/aromatic N) is 1. The van der Waals surface area contributed by atoms with Crippen molar-refractivity contribution in [1.29, 1.82) is 0 Å². The lowest BCUT2D eigenvalue weighted by Gasteiger charge is -2.12. The minimum Gasteiger partial charge on any atom is -0.494 e. The van der Waals surface area contributed by atoms with Crippen molar-refractivity contribution in [1.82, 2.24) is 5.43 Å². The van der Waals surface area contributed by atoms with E-state index >= 15 is 0 Å². The molecule has 0 spiro atoms. The lowest BCUT2D eigenvalue weighted by atomic mass is 10.2. The predicted octanol–water partition coefficient (Wildman–Crippen LogP) is 7.09. The molecule has 4 aromatic rings. The van der Waals surface area contributed by atoms with Crippen molar-refractivity contribution < 1.29 is 28.5 Å². The minimum atomic E-state index is -0.524. The lowest BCUT2D eigenvalue weighted by Crippen LogP contribution is -2.18. The molecule has 0 saturated carbocycles. The fourth-order valence-electron chi connectivity index (χ4n) is 3.77. The van der Waals surface area contributed by atoms with Crippen LogP contribution >= 0.6 is 11.6 Å². The highest BCUT2D eigenvalue weighted by atomic mass is 35.5. The maximum Gasteiger partial charge on any atom is 0.343 e. The summed E-state index contributed by atoms with van der Waals surface area (Å²) >= 11 is 5.94. The van der Waals surface area contributed by atoms with Gasteiger partial charge in [-0.2, -0.15) is 5.10 Å². The molecule has 0 heterocycles. The normalized spacial score (nSPS) is 10.7. The Bertz CT molecular complexity index is 1520. The molecule has 0 aromatic heterocycles. The van der Waals surface area contributed by atoms with E-state index in [1.54, 1.807) is 78.9 Å². The quantitative estimate of drug-likeness (QED) is 0.0777. The first kappa shape index (κ1) is 30.1. The predicted molar refractivity (Wildman–Crippen MR) is 162 cm³/mol. The minimum absolute atomic E-state index is 0.265. The van der Waals surface area contributed by atoms with Gasteiger partial charge in [0.1, 0.15) is 18.1 Å². The Kier molecular flexibility index (Phi) is 10.9. The summed E-state index contributed by atoms with van der Waals surface area (Å²) in [6.45, 7) is 5.09. The van der Waals surface area contributed by atoms with E-state index in [1.807, 2.05) is 26.0 Å². The number of hydrazone groups is 1. The first-order valence-electron chi connectivity index (χ1n) is 13.5. The molecule has 0 atom stereocenters. The highest BCUT2D eigenvalue weighted by Gasteiger charge is 2.14. The van der Waals surface area contributed by atoms with E-state index in [2.05, 4.69) is 10.5 Å². The fourth-order valence-corrected chi connectivity index (χ4v) is 3.90. The lowest BCUT2D eigenvalue weighted by molar-refractivity contribution is 0.0728. The number of carbonyl (C=O) groups excluding carboxylic acids is 2. The third-order valence-electron chi connectivity index (χ3n) is 5.85. The summed E-state index contributed by atoms with van der Waals surface area (Å²) in [6.07, 6.45) is 2.37. The van der Waals surface area contributed by atoms with Crippen LogP contribution in [0.1, 0.15) is 52.1 Å². The van der Waals surface area contributed by atoms with E-state index in [4.69, 9.17) is 30.5 Å². The molecule has 1 amide bonds. The fraction of sp³-hybridized carbons (Fsp3) is 0.182. The standard InChI is InChI=1S/C33H31ClN2O6/c1-3-19-40-27-16-12-25(13-17-27)33(38)42-30-18-11-24(20-31(30)39-4-2)21-35-36-32(37)28-7-5-6-8-29(28)41-22-23-9-14-26(34)15-10-23/h5-18,20-21H,3-4,19,22H2,1-2H3,(H,36,37)/b35-21-. The number of hydrogen-bond acceptors (Lipinski definition) is 7. The van der Waals surface area contributed by atoms with Gasteiger partial charge in [0.05, 0.1) is 30.6 Å². The summed E-state index contributed by atoms with van der Waals surface area (Å²) in [6, 6.07) is 25.9. The Morgan fingerprint density at radius 1 is 0.833 bits per heavy atom. The summed E-state index contributed by atoms with van der Waals surface area (Å²) in [4.78, 5) is 25.6. The van der Waals surface area contributed by atoms with Crippen molar-refractivity contribution in [3.63, 3.8) is 0 Å². The van der Waals surface area contributed by atoms with E-state index in [0.717, 1.165) is 12.0 Å². The van der Waals surface area contributed by atoms with Gasteiger partial charge < -0.3 is 18.9 Å². The summed E-state index contributed by atoms with van der Waals surface area (Å²) in [5, 5.41) is 4.72. The molecule has 4 rings (SSSR count). The number of halogens is 1. The molecule has 9 heteroatoms. The Hall–Kier alpha value is -4.82. The van der Waals surface area contributed by atoms with Crippen LogP contribution in [-0.4, -0.2) is 31.3 Å². The molecule has 0 fully saturated rings. The van der Waals surface area contributed by atoms with Gasteiger partial charge in [0, 0.05) is 5.02 Å². The number of para-hydroxylation sites is 1. The molecule has 0 aliphatic heterocycles. The number of hydrogen-bond donors (Lipinski definition) is 1. The first-order chi connectivity index (χ1) is 20.5. The maximum atomic E-state index is 12.9. The molecule has 0 unspecified atom stereocenters. The van der Waals surface area contributed by atoms with E-state index in [1.165, 1.54) is 6.21 Å². The van der Waals surface area contributed by atoms with Crippen LogP contribution in [0, 0.1) is 0 Å². The van der Waals surface area contributed by atoms with E-state index < -0.39 is 11.9 Å². The van der Waals surface area contributed by atoms with E-state index in [9.17, 15) is 9.59 Å². The summed E-state index contributed by atoms with van der Waals surface area (Å²) in [5.74, 6) is 0.788. The number of rotatable bonds is 13. The molecule has 216 valence electrons. The van der Waals surface area contributed by atoms with Gasteiger partial charge in [-0.05, 0) is 91.2 Å². The second-order valence-electron chi connectivity index (χ2n) is 9.01. The molecule has 42 heavy (non-hydrogen) atoms. The molecular formula is C33H31ClN2O6. The number of ether oxygens (including phenoxy) is 4. The van der Waals surface area contributed by atoms with Gasteiger partial charge in [0.15, 0.2) is 11.5 Å². The summed E-state index contributed by atoms with van der Waals surface area (Å²) in [5.41, 5.74) is 4.79. The van der Waals surface area contributed by atoms with Gasteiger partial charge in [-0.15, -0.1) is 0 Å². The molecule has 0 bridgehead atoms. The van der Waals surface area contributed by atoms with Gasteiger partial charge in [-0.1, -0.05) is 42.8 Å². The molecule has 0 saturated heterocycles. The molecule has 0 aliphatic carbocycles. The smallest absolute Gasteiger partial charge is 0.343 e. The molecular weight excluding hydrogens is 556 g/mol. The average molecular weight is 587 g/mol. The van der Waals surface area contributed by atoms with E-state index in [-0.39, 0.29) is 12.4 Å². The van der Waals surface area contributed by atoms with Crippen molar-refractivity contribution in [2.45, 2.75) is 26.9 Å². The molecule has 4 aromatic carbocycles. The van der Waals surface area contributed by atoms with Gasteiger partial charge >= 0.3 is 5.97 Å². The third-order valence-corrected chi connectivity index (χ3v) is 6.10. The van der Waals surface area contributed by atoms with Crippen LogP contribution in [0.2, 0.25) is 5.02 Å². The van der Waals surface area contributed by atoms with Crippen molar-refractivity contribution in [2.75, 3.05) is 13.2 Å². The summed E-state index contributed by atoms with van der Waals surface area (Å²) in [7, 11) is 0. The van der Waals surface area contributed by atoms with Crippen LogP contribution in [0.5, 0.6) is 23.0 Å². The number of nitrogens with one attached hydrogen (secondary N) is 1. The van der Waals surface area contributed by atoms with Crippen LogP contribution in [-0.2, 0) is 6.61 Å². The second-order valence-corrected chi connectivity index (χ2v) is 9.45. The van der Waals surface area contributed by atoms with Crippen LogP contribution in [0.25, 0.3) is 0 Å². The van der Waals surface area contributed by atoms with Gasteiger partial charge in [-0.3, -0.25) is 4.79 Å². The topological polar surface area (TPSA) is 95.5 Å². The zero-order valence-electron chi connectivity index (χ0n) is 23.3. The van der Waals surface area contributed by atoms with Crippen LogP contribution in [0.3, 0.4) is 0 Å². The first-order valence-corrected chi connectivity index (χ1v) is 13.9. The molecule has 8 nitrogen and oxygen atoms in total. The van der Waals surface area contributed by atoms with Crippen molar-refractivity contribution in [3.05, 3.63) is 118 Å². The Morgan fingerprint density at radius 3 is 2.33 bits per heavy atom. The van der Waals surface area contributed by atoms with Crippen LogP contribution in [0.15, 0.2) is 96.1 Å². The Labute approximate surface area is 249 Å². The van der Waals surface area contributed by atoms with E-state index in [0.29, 0.717) is 52.2 Å². The number of benzene rings is 4. The highest BCUT2D eigenvalue weighted by molar-refractivity contribution is 6.30. The summed E-state index contributed by atoms with van der Waals surface area (Å²) < 4.78 is 22.7. The Morgan fingerprint density at radius 2 is 1.60 bits per heavy atom. The largest absolute Gasteiger partial charge is 0.494 e. The van der Waals surface area contributed by atoms with Crippen molar-refractivity contribution >= 4 is 29.7 Å². The monoisotopic (exact) mass is 586 g/mol. The molecule has 0 radical (unpaired) electrons. The van der Waals surface area contributed by atoms with Crippen molar-refractivity contribution in [2.24, 2.45) is 5.10 Å². The highest BCUT2D eigenvalue weighted by Crippen LogP contribution is 2.29. The molecule has 0 aliphatic rings. The molecule has 1 N–H and O–H groups in total. The SMILES string of the molecule is CCCOc1ccc(C(=O)Oc2ccc(/C=N\NC(=O)c3ccccc3OCc3ccc(Cl)cc3)cc2OCC)cc1. The van der Waals surface area contributed by atoms with Crippen LogP contribution < -0.4 is 24.4 Å². The van der Waals surface area contributed by atoms with Crippen LogP contribution in [0.4, 0.5) is 0 Å². The Balaban J connectivity index is 1.38. The zero-order chi connectivity index (χ0) is 29.7. The van der Waals surface area contributed by atoms with Crippen molar-refractivity contribution in [3.8, 4) is 23.0 Å².